The normalized spacial score (nSPS) is 25.6. The molecule has 1 aliphatic heterocycles. The van der Waals surface area contributed by atoms with Gasteiger partial charge in [-0.15, -0.1) is 24.0 Å². The summed E-state index contributed by atoms with van der Waals surface area (Å²) >= 11 is 0. The summed E-state index contributed by atoms with van der Waals surface area (Å²) in [7, 11) is 1.69. The number of aliphatic hydroxyl groups is 1. The number of rotatable bonds is 5. The van der Waals surface area contributed by atoms with Crippen LogP contribution in [0.5, 0.6) is 0 Å². The minimum absolute atomic E-state index is 0. The molecule has 0 saturated carbocycles. The quantitative estimate of drug-likeness (QED) is 0.386. The summed E-state index contributed by atoms with van der Waals surface area (Å²) in [6.07, 6.45) is 1.69. The maximum absolute atomic E-state index is 11.1. The van der Waals surface area contributed by atoms with Gasteiger partial charge in [-0.2, -0.15) is 0 Å². The van der Waals surface area contributed by atoms with Crippen molar-refractivity contribution < 1.29 is 14.6 Å². The number of nitrogens with zero attached hydrogens (tertiary/aromatic N) is 2. The molecule has 0 amide bonds. The Morgan fingerprint density at radius 3 is 3.04 bits per heavy atom. The summed E-state index contributed by atoms with van der Waals surface area (Å²) in [5.74, 6) is 0.838. The number of morpholine rings is 1. The molecule has 0 radical (unpaired) electrons. The first-order valence-electron chi connectivity index (χ1n) is 9.11. The van der Waals surface area contributed by atoms with Crippen molar-refractivity contribution in [2.75, 3.05) is 46.5 Å². The van der Waals surface area contributed by atoms with Gasteiger partial charge in [-0.3, -0.25) is 0 Å². The summed E-state index contributed by atoms with van der Waals surface area (Å²) in [6.45, 7) is 6.00. The van der Waals surface area contributed by atoms with Crippen molar-refractivity contribution in [3.05, 3.63) is 35.4 Å². The zero-order chi connectivity index (χ0) is 17.7. The van der Waals surface area contributed by atoms with E-state index in [4.69, 9.17) is 14.5 Å². The number of nitrogens with one attached hydrogen (secondary N) is 1. The first-order valence-corrected chi connectivity index (χ1v) is 9.11. The molecule has 2 atom stereocenters. The second-order valence-corrected chi connectivity index (χ2v) is 6.75. The van der Waals surface area contributed by atoms with E-state index in [2.05, 4.69) is 23.2 Å². The van der Waals surface area contributed by atoms with Gasteiger partial charge < -0.3 is 24.8 Å². The Labute approximate surface area is 173 Å². The average molecular weight is 475 g/mol. The molecule has 0 aromatic heterocycles. The van der Waals surface area contributed by atoms with Gasteiger partial charge in [0.1, 0.15) is 5.60 Å². The lowest BCUT2D eigenvalue weighted by molar-refractivity contribution is -0.0448. The molecule has 2 unspecified atom stereocenters. The molecule has 26 heavy (non-hydrogen) atoms. The number of aliphatic imine (C=N–C) groups is 1. The highest BCUT2D eigenvalue weighted by molar-refractivity contribution is 14.0. The SMILES string of the molecule is CCNC(=NCC1(O)CCc2ccccc21)N1CCOC(COC)C1.I. The lowest BCUT2D eigenvalue weighted by atomic mass is 9.96. The molecule has 1 aliphatic carbocycles. The number of hydrogen-bond acceptors (Lipinski definition) is 4. The van der Waals surface area contributed by atoms with Gasteiger partial charge in [0.25, 0.3) is 0 Å². The van der Waals surface area contributed by atoms with Crippen molar-refractivity contribution in [2.45, 2.75) is 31.5 Å². The molecule has 1 aromatic rings. The second kappa shape index (κ2) is 9.87. The first-order chi connectivity index (χ1) is 12.2. The summed E-state index contributed by atoms with van der Waals surface area (Å²) in [5, 5.41) is 14.4. The molecule has 1 saturated heterocycles. The lowest BCUT2D eigenvalue weighted by Crippen LogP contribution is -2.51. The van der Waals surface area contributed by atoms with Gasteiger partial charge in [0.15, 0.2) is 5.96 Å². The largest absolute Gasteiger partial charge is 0.383 e. The Hall–Kier alpha value is -0.900. The van der Waals surface area contributed by atoms with E-state index < -0.39 is 5.60 Å². The smallest absolute Gasteiger partial charge is 0.194 e. The third-order valence-electron chi connectivity index (χ3n) is 4.94. The lowest BCUT2D eigenvalue weighted by Gasteiger charge is -2.35. The number of guanidine groups is 1. The fourth-order valence-corrected chi connectivity index (χ4v) is 3.66. The summed E-state index contributed by atoms with van der Waals surface area (Å²) < 4.78 is 10.9. The third kappa shape index (κ3) is 4.88. The molecule has 0 spiro atoms. The van der Waals surface area contributed by atoms with Crippen molar-refractivity contribution in [2.24, 2.45) is 4.99 Å². The van der Waals surface area contributed by atoms with Gasteiger partial charge >= 0.3 is 0 Å². The molecule has 1 fully saturated rings. The average Bonchev–Trinajstić information content (AvgIpc) is 2.97. The highest BCUT2D eigenvalue weighted by Crippen LogP contribution is 2.36. The van der Waals surface area contributed by atoms with Crippen LogP contribution in [0.4, 0.5) is 0 Å². The van der Waals surface area contributed by atoms with Crippen LogP contribution < -0.4 is 5.32 Å². The van der Waals surface area contributed by atoms with Crippen molar-refractivity contribution in [3.63, 3.8) is 0 Å². The monoisotopic (exact) mass is 475 g/mol. The standard InChI is InChI=1S/C19H29N3O3.HI/c1-3-20-18(22-10-11-25-16(12-22)13-24-2)21-14-19(23)9-8-15-6-4-5-7-17(15)19;/h4-7,16,23H,3,8-14H2,1-2H3,(H,20,21);1H. The number of benzene rings is 1. The Morgan fingerprint density at radius 1 is 1.46 bits per heavy atom. The molecule has 1 heterocycles. The van der Waals surface area contributed by atoms with Crippen molar-refractivity contribution in [3.8, 4) is 0 Å². The fraction of sp³-hybridized carbons (Fsp3) is 0.632. The van der Waals surface area contributed by atoms with Gasteiger partial charge in [0.05, 0.1) is 25.9 Å². The molecule has 0 bridgehead atoms. The van der Waals surface area contributed by atoms with E-state index in [0.29, 0.717) is 19.8 Å². The maximum Gasteiger partial charge on any atom is 0.194 e. The van der Waals surface area contributed by atoms with Gasteiger partial charge in [0.2, 0.25) is 0 Å². The molecule has 2 aliphatic rings. The molecule has 2 N–H and O–H groups in total. The van der Waals surface area contributed by atoms with Crippen molar-refractivity contribution in [1.82, 2.24) is 10.2 Å². The summed E-state index contributed by atoms with van der Waals surface area (Å²) in [6, 6.07) is 8.14. The van der Waals surface area contributed by atoms with Gasteiger partial charge in [-0.05, 0) is 30.9 Å². The van der Waals surface area contributed by atoms with E-state index in [1.807, 2.05) is 18.2 Å². The number of fused-ring (bicyclic) bond motifs is 1. The number of halogens is 1. The number of aryl methyl sites for hydroxylation is 1. The van der Waals surface area contributed by atoms with Crippen LogP contribution in [0.15, 0.2) is 29.3 Å². The molecular formula is C19H30IN3O3. The van der Waals surface area contributed by atoms with E-state index in [1.54, 1.807) is 7.11 Å². The molecule has 146 valence electrons. The molecule has 7 heteroatoms. The van der Waals surface area contributed by atoms with Crippen LogP contribution in [0.3, 0.4) is 0 Å². The van der Waals surface area contributed by atoms with Crippen LogP contribution in [0.25, 0.3) is 0 Å². The second-order valence-electron chi connectivity index (χ2n) is 6.75. The minimum Gasteiger partial charge on any atom is -0.383 e. The molecule has 3 rings (SSSR count). The van der Waals surface area contributed by atoms with E-state index >= 15 is 0 Å². The Morgan fingerprint density at radius 2 is 2.27 bits per heavy atom. The summed E-state index contributed by atoms with van der Waals surface area (Å²) in [4.78, 5) is 6.96. The highest BCUT2D eigenvalue weighted by Gasteiger charge is 2.36. The first kappa shape index (κ1) is 21.4. The van der Waals surface area contributed by atoms with E-state index in [0.717, 1.165) is 44.0 Å². The Bertz CT molecular complexity index is 611. The number of ether oxygens (including phenoxy) is 2. The highest BCUT2D eigenvalue weighted by atomic mass is 127. The van der Waals surface area contributed by atoms with Gasteiger partial charge in [-0.1, -0.05) is 24.3 Å². The summed E-state index contributed by atoms with van der Waals surface area (Å²) in [5.41, 5.74) is 1.39. The fourth-order valence-electron chi connectivity index (χ4n) is 3.66. The van der Waals surface area contributed by atoms with Crippen molar-refractivity contribution >= 4 is 29.9 Å². The van der Waals surface area contributed by atoms with Crippen LogP contribution >= 0.6 is 24.0 Å². The predicted molar refractivity (Wildman–Crippen MR) is 113 cm³/mol. The maximum atomic E-state index is 11.1. The van der Waals surface area contributed by atoms with Crippen LogP contribution in [0.1, 0.15) is 24.5 Å². The molecular weight excluding hydrogens is 445 g/mol. The number of methoxy groups -OCH3 is 1. The van der Waals surface area contributed by atoms with Crippen LogP contribution in [0, 0.1) is 0 Å². The van der Waals surface area contributed by atoms with Gasteiger partial charge in [-0.25, -0.2) is 4.99 Å². The van der Waals surface area contributed by atoms with Crippen LogP contribution in [-0.2, 0) is 21.5 Å². The topological polar surface area (TPSA) is 66.3 Å². The molecule has 1 aromatic carbocycles. The minimum atomic E-state index is -0.866. The molecule has 6 nitrogen and oxygen atoms in total. The van der Waals surface area contributed by atoms with E-state index in [-0.39, 0.29) is 30.1 Å². The van der Waals surface area contributed by atoms with E-state index in [9.17, 15) is 5.11 Å². The van der Waals surface area contributed by atoms with Crippen LogP contribution in [0.2, 0.25) is 0 Å². The van der Waals surface area contributed by atoms with Gasteiger partial charge in [0, 0.05) is 26.7 Å². The number of hydrogen-bond donors (Lipinski definition) is 2. The zero-order valence-electron chi connectivity index (χ0n) is 15.6. The predicted octanol–water partition coefficient (Wildman–Crippen LogP) is 1.75. The van der Waals surface area contributed by atoms with Crippen molar-refractivity contribution in [1.29, 1.82) is 0 Å². The van der Waals surface area contributed by atoms with E-state index in [1.165, 1.54) is 5.56 Å². The zero-order valence-corrected chi connectivity index (χ0v) is 17.9. The Kier molecular flexibility index (Phi) is 8.12. The van der Waals surface area contributed by atoms with Crippen LogP contribution in [-0.4, -0.2) is 68.6 Å². The third-order valence-corrected chi connectivity index (χ3v) is 4.94. The Balaban J connectivity index is 0.00000243.